The first-order valence-electron chi connectivity index (χ1n) is 11.6. The van der Waals surface area contributed by atoms with E-state index >= 15 is 0 Å². The van der Waals surface area contributed by atoms with Crippen molar-refractivity contribution in [1.29, 1.82) is 0 Å². The van der Waals surface area contributed by atoms with Crippen molar-refractivity contribution < 1.29 is 21.6 Å². The summed E-state index contributed by atoms with van der Waals surface area (Å²) in [5, 5.41) is 15.2. The molecule has 1 amide bonds. The van der Waals surface area contributed by atoms with Gasteiger partial charge in [0.15, 0.2) is 15.5 Å². The number of benzene rings is 1. The van der Waals surface area contributed by atoms with Crippen LogP contribution in [-0.2, 0) is 26.3 Å². The van der Waals surface area contributed by atoms with Gasteiger partial charge in [0.2, 0.25) is 10.0 Å². The number of nitrogens with two attached hydrogens (primary N) is 1. The number of carbonyl (C=O) groups excluding carboxylic acids is 1. The van der Waals surface area contributed by atoms with E-state index in [9.17, 15) is 21.6 Å². The zero-order valence-electron chi connectivity index (χ0n) is 19.9. The molecule has 1 saturated heterocycles. The minimum atomic E-state index is -3.76. The summed E-state index contributed by atoms with van der Waals surface area (Å²) in [7, 11) is -6.90. The van der Waals surface area contributed by atoms with Gasteiger partial charge in [-0.15, -0.1) is 11.3 Å². The number of rotatable bonds is 7. The van der Waals surface area contributed by atoms with Crippen LogP contribution < -0.4 is 10.5 Å². The molecule has 1 aliphatic heterocycles. The summed E-state index contributed by atoms with van der Waals surface area (Å²) in [5.74, 6) is -0.193. The van der Waals surface area contributed by atoms with Crippen LogP contribution >= 0.6 is 11.3 Å². The Bertz CT molecular complexity index is 1690. The van der Waals surface area contributed by atoms with E-state index < -0.39 is 19.9 Å². The molecule has 10 nitrogen and oxygen atoms in total. The molecule has 1 aliphatic rings. The molecule has 3 aromatic heterocycles. The van der Waals surface area contributed by atoms with Gasteiger partial charge in [0.1, 0.15) is 0 Å². The predicted octanol–water partition coefficient (Wildman–Crippen LogP) is 2.45. The number of thiophene rings is 1. The van der Waals surface area contributed by atoms with Crippen molar-refractivity contribution in [1.82, 2.24) is 20.1 Å². The summed E-state index contributed by atoms with van der Waals surface area (Å²) in [6.07, 6.45) is 0.941. The average Bonchev–Trinajstić information content (AvgIpc) is 3.57. The average molecular weight is 560 g/mol. The van der Waals surface area contributed by atoms with E-state index in [-0.39, 0.29) is 28.4 Å². The first kappa shape index (κ1) is 25.5. The third-order valence-corrected chi connectivity index (χ3v) is 9.93. The summed E-state index contributed by atoms with van der Waals surface area (Å²) < 4.78 is 48.8. The van der Waals surface area contributed by atoms with Crippen LogP contribution in [0.4, 0.5) is 0 Å². The van der Waals surface area contributed by atoms with Gasteiger partial charge in [0.25, 0.3) is 5.91 Å². The molecule has 3 N–H and O–H groups in total. The number of nitrogens with one attached hydrogen (secondary N) is 1. The van der Waals surface area contributed by atoms with Crippen LogP contribution in [0.2, 0.25) is 0 Å². The van der Waals surface area contributed by atoms with Crippen molar-refractivity contribution in [2.24, 2.45) is 5.14 Å². The number of nitrogens with zero attached hydrogens (tertiary/aromatic N) is 3. The monoisotopic (exact) mass is 559 g/mol. The van der Waals surface area contributed by atoms with Crippen molar-refractivity contribution in [3.8, 4) is 10.6 Å². The van der Waals surface area contributed by atoms with Gasteiger partial charge in [-0.1, -0.05) is 18.2 Å². The molecular weight excluding hydrogens is 534 g/mol. The fourth-order valence-corrected chi connectivity index (χ4v) is 7.42. The normalized spacial score (nSPS) is 17.3. The Labute approximate surface area is 218 Å². The largest absolute Gasteiger partial charge is 0.352 e. The Morgan fingerprint density at radius 1 is 1.24 bits per heavy atom. The highest BCUT2D eigenvalue weighted by Gasteiger charge is 2.32. The minimum absolute atomic E-state index is 0.0000929. The van der Waals surface area contributed by atoms with Gasteiger partial charge in [-0.2, -0.15) is 5.10 Å². The number of pyridine rings is 1. The van der Waals surface area contributed by atoms with Crippen LogP contribution in [0, 0.1) is 6.92 Å². The third kappa shape index (κ3) is 5.30. The van der Waals surface area contributed by atoms with Crippen molar-refractivity contribution in [2.75, 3.05) is 18.1 Å². The fraction of sp³-hybridized carbons (Fsp3) is 0.292. The van der Waals surface area contributed by atoms with Crippen LogP contribution in [-0.4, -0.2) is 55.6 Å². The lowest BCUT2D eigenvalue weighted by molar-refractivity contribution is 0.0955. The standard InChI is InChI=1S/C24H25N5O5S3/c1-15-22-19(24(30)26-10-8-16-4-6-18(7-5-16)37(25,33)34)13-20(21-3-2-11-35-21)27-23(22)29(28-15)17-9-12-36(31,32)14-17/h2-7,11,13,17H,8-10,12,14H2,1H3,(H,26,30)(H2,25,33,34). The first-order chi connectivity index (χ1) is 17.5. The smallest absolute Gasteiger partial charge is 0.252 e. The van der Waals surface area contributed by atoms with Gasteiger partial charge in [-0.05, 0) is 55.0 Å². The SMILES string of the molecule is Cc1nn(C2CCS(=O)(=O)C2)c2nc(-c3cccs3)cc(C(=O)NCCc3ccc(S(N)(=O)=O)cc3)c12. The zero-order valence-corrected chi connectivity index (χ0v) is 22.4. The minimum Gasteiger partial charge on any atom is -0.352 e. The van der Waals surface area contributed by atoms with Crippen LogP contribution in [0.25, 0.3) is 21.6 Å². The number of primary sulfonamides is 1. The molecular formula is C24H25N5O5S3. The quantitative estimate of drug-likeness (QED) is 0.352. The first-order valence-corrected chi connectivity index (χ1v) is 15.8. The van der Waals surface area contributed by atoms with Crippen LogP contribution in [0.1, 0.15) is 34.1 Å². The molecule has 0 bridgehead atoms. The highest BCUT2D eigenvalue weighted by Crippen LogP contribution is 2.33. The molecule has 1 aromatic carbocycles. The number of aromatic nitrogens is 3. The maximum absolute atomic E-state index is 13.4. The van der Waals surface area contributed by atoms with Crippen molar-refractivity contribution in [3.63, 3.8) is 0 Å². The number of amides is 1. The Hall–Kier alpha value is -3.13. The summed E-state index contributed by atoms with van der Waals surface area (Å²) in [5.41, 5.74) is 2.98. The van der Waals surface area contributed by atoms with E-state index in [1.54, 1.807) is 29.8 Å². The lowest BCUT2D eigenvalue weighted by Crippen LogP contribution is -2.26. The summed E-state index contributed by atoms with van der Waals surface area (Å²) in [6.45, 7) is 2.11. The molecule has 5 rings (SSSR count). The molecule has 0 saturated carbocycles. The molecule has 4 heterocycles. The Kier molecular flexibility index (Phi) is 6.64. The number of aryl methyl sites for hydroxylation is 1. The van der Waals surface area contributed by atoms with E-state index in [1.807, 2.05) is 17.5 Å². The lowest BCUT2D eigenvalue weighted by atomic mass is 10.1. The maximum atomic E-state index is 13.4. The number of hydrogen-bond donors (Lipinski definition) is 2. The van der Waals surface area contributed by atoms with Crippen LogP contribution in [0.15, 0.2) is 52.7 Å². The number of hydrogen-bond acceptors (Lipinski definition) is 8. The van der Waals surface area contributed by atoms with E-state index in [4.69, 9.17) is 10.1 Å². The summed E-state index contributed by atoms with van der Waals surface area (Å²) >= 11 is 1.50. The summed E-state index contributed by atoms with van der Waals surface area (Å²) in [6, 6.07) is 11.4. The predicted molar refractivity (Wildman–Crippen MR) is 142 cm³/mol. The zero-order chi connectivity index (χ0) is 26.4. The Morgan fingerprint density at radius 3 is 2.62 bits per heavy atom. The lowest BCUT2D eigenvalue weighted by Gasteiger charge is -2.12. The van der Waals surface area contributed by atoms with Gasteiger partial charge < -0.3 is 5.32 Å². The molecule has 1 fully saturated rings. The van der Waals surface area contributed by atoms with E-state index in [0.717, 1.165) is 10.4 Å². The van der Waals surface area contributed by atoms with Gasteiger partial charge in [-0.25, -0.2) is 31.6 Å². The van der Waals surface area contributed by atoms with Crippen molar-refractivity contribution in [2.45, 2.75) is 30.7 Å². The van der Waals surface area contributed by atoms with Gasteiger partial charge >= 0.3 is 0 Å². The third-order valence-electron chi connectivity index (χ3n) is 6.36. The Balaban J connectivity index is 1.45. The number of sulfone groups is 1. The van der Waals surface area contributed by atoms with Crippen molar-refractivity contribution >= 4 is 48.1 Å². The molecule has 13 heteroatoms. The molecule has 4 aromatic rings. The fourth-order valence-electron chi connectivity index (χ4n) is 4.53. The van der Waals surface area contributed by atoms with Gasteiger partial charge in [0, 0.05) is 6.54 Å². The maximum Gasteiger partial charge on any atom is 0.252 e. The molecule has 0 aliphatic carbocycles. The van der Waals surface area contributed by atoms with Crippen LogP contribution in [0.5, 0.6) is 0 Å². The number of sulfonamides is 1. The number of fused-ring (bicyclic) bond motifs is 1. The Morgan fingerprint density at radius 2 is 2.00 bits per heavy atom. The molecule has 37 heavy (non-hydrogen) atoms. The second-order valence-electron chi connectivity index (χ2n) is 9.01. The molecule has 1 unspecified atom stereocenters. The summed E-state index contributed by atoms with van der Waals surface area (Å²) in [4.78, 5) is 19.1. The highest BCUT2D eigenvalue weighted by atomic mass is 32.2. The van der Waals surface area contributed by atoms with E-state index in [0.29, 0.717) is 47.4 Å². The van der Waals surface area contributed by atoms with E-state index in [1.165, 1.54) is 23.5 Å². The second kappa shape index (κ2) is 9.63. The topological polar surface area (TPSA) is 154 Å². The van der Waals surface area contributed by atoms with Gasteiger partial charge in [-0.3, -0.25) is 4.79 Å². The molecule has 0 radical (unpaired) electrons. The van der Waals surface area contributed by atoms with Gasteiger partial charge in [0.05, 0.1) is 49.7 Å². The molecule has 1 atom stereocenters. The molecule has 0 spiro atoms. The second-order valence-corrected chi connectivity index (χ2v) is 13.8. The van der Waals surface area contributed by atoms with E-state index in [2.05, 4.69) is 10.4 Å². The highest BCUT2D eigenvalue weighted by molar-refractivity contribution is 7.91. The van der Waals surface area contributed by atoms with Crippen LogP contribution in [0.3, 0.4) is 0 Å². The van der Waals surface area contributed by atoms with Crippen molar-refractivity contribution in [3.05, 3.63) is 64.7 Å². The molecule has 194 valence electrons. The number of carbonyl (C=O) groups is 1.